The molecule has 0 aliphatic heterocycles. The van der Waals surface area contributed by atoms with Gasteiger partial charge in [-0.2, -0.15) is 0 Å². The maximum Gasteiger partial charge on any atom is 0.316 e. The third-order valence-electron chi connectivity index (χ3n) is 2.31. The van der Waals surface area contributed by atoms with E-state index in [0.717, 1.165) is 6.07 Å². The van der Waals surface area contributed by atoms with Crippen LogP contribution in [0.15, 0.2) is 24.3 Å². The lowest BCUT2D eigenvalue weighted by Crippen LogP contribution is -2.01. The molecule has 1 aromatic carbocycles. The molecule has 92 valence electrons. The van der Waals surface area contributed by atoms with Gasteiger partial charge in [-0.25, -0.2) is 14.4 Å². The molecule has 0 unspecified atom stereocenters. The zero-order valence-electron chi connectivity index (χ0n) is 9.22. The molecule has 0 bridgehead atoms. The summed E-state index contributed by atoms with van der Waals surface area (Å²) in [7, 11) is 0. The lowest BCUT2D eigenvalue weighted by Gasteiger charge is -2.05. The fraction of sp³-hybridized carbons (Fsp3) is 0.0909. The monoisotopic (exact) mass is 267 g/mol. The zero-order chi connectivity index (χ0) is 13.3. The number of hydrogen-bond acceptors (Lipinski definition) is 4. The summed E-state index contributed by atoms with van der Waals surface area (Å²) < 4.78 is 13.1. The van der Waals surface area contributed by atoms with Gasteiger partial charge < -0.3 is 0 Å². The Balaban J connectivity index is 2.73. The average Bonchev–Trinajstić information content (AvgIpc) is 2.27. The Morgan fingerprint density at radius 1 is 1.39 bits per heavy atom. The maximum absolute atomic E-state index is 13.1. The van der Waals surface area contributed by atoms with Crippen LogP contribution in [0.3, 0.4) is 0 Å². The van der Waals surface area contributed by atoms with E-state index in [0.29, 0.717) is 0 Å². The molecule has 0 atom stereocenters. The van der Waals surface area contributed by atoms with Crippen LogP contribution in [0.4, 0.5) is 10.1 Å². The van der Waals surface area contributed by atoms with Gasteiger partial charge in [-0.1, -0.05) is 12.1 Å². The highest BCUT2D eigenvalue weighted by molar-refractivity contribution is 6.28. The molecule has 0 N–H and O–H groups in total. The van der Waals surface area contributed by atoms with Gasteiger partial charge in [0, 0.05) is 5.56 Å². The fourth-order valence-electron chi connectivity index (χ4n) is 1.59. The van der Waals surface area contributed by atoms with Gasteiger partial charge in [0.15, 0.2) is 5.69 Å². The van der Waals surface area contributed by atoms with E-state index < -0.39 is 10.7 Å². The van der Waals surface area contributed by atoms with E-state index in [4.69, 9.17) is 11.6 Å². The predicted octanol–water partition coefficient (Wildman–Crippen LogP) is 3.15. The van der Waals surface area contributed by atoms with Crippen molar-refractivity contribution in [3.05, 3.63) is 51.2 Å². The first kappa shape index (κ1) is 12.4. The quantitative estimate of drug-likeness (QED) is 0.476. The van der Waals surface area contributed by atoms with Crippen LogP contribution in [-0.2, 0) is 0 Å². The van der Waals surface area contributed by atoms with Gasteiger partial charge in [-0.3, -0.25) is 10.1 Å². The standard InChI is InChI=1S/C11H7ClFN3O2/c1-6-10(16(17)18)9(15-11(12)14-6)7-3-2-4-8(13)5-7/h2-5H,1H3. The molecule has 0 saturated carbocycles. The van der Waals surface area contributed by atoms with E-state index in [1.807, 2.05) is 0 Å². The first-order chi connectivity index (χ1) is 8.49. The van der Waals surface area contributed by atoms with Crippen molar-refractivity contribution < 1.29 is 9.31 Å². The molecular weight excluding hydrogens is 261 g/mol. The lowest BCUT2D eigenvalue weighted by molar-refractivity contribution is -0.385. The Hall–Kier alpha value is -2.08. The lowest BCUT2D eigenvalue weighted by atomic mass is 10.1. The Kier molecular flexibility index (Phi) is 3.20. The summed E-state index contributed by atoms with van der Waals surface area (Å²) in [6.07, 6.45) is 0. The van der Waals surface area contributed by atoms with E-state index in [-0.39, 0.29) is 27.9 Å². The van der Waals surface area contributed by atoms with E-state index in [1.54, 1.807) is 0 Å². The second kappa shape index (κ2) is 4.66. The number of halogens is 2. The summed E-state index contributed by atoms with van der Waals surface area (Å²) in [6.45, 7) is 1.45. The molecule has 0 spiro atoms. The summed E-state index contributed by atoms with van der Waals surface area (Å²) in [5.74, 6) is -0.505. The van der Waals surface area contributed by atoms with Gasteiger partial charge in [-0.05, 0) is 30.7 Å². The number of rotatable bonds is 2. The number of nitrogens with zero attached hydrogens (tertiary/aromatic N) is 3. The number of aromatic nitrogens is 2. The summed E-state index contributed by atoms with van der Waals surface area (Å²) >= 11 is 5.68. The maximum atomic E-state index is 13.1. The van der Waals surface area contributed by atoms with Gasteiger partial charge in [0.25, 0.3) is 0 Å². The van der Waals surface area contributed by atoms with Crippen LogP contribution in [-0.4, -0.2) is 14.9 Å². The van der Waals surface area contributed by atoms with Crippen LogP contribution in [0.25, 0.3) is 11.3 Å². The highest BCUT2D eigenvalue weighted by Gasteiger charge is 2.22. The fourth-order valence-corrected chi connectivity index (χ4v) is 1.80. The Morgan fingerprint density at radius 3 is 2.72 bits per heavy atom. The van der Waals surface area contributed by atoms with Crippen LogP contribution in [0.2, 0.25) is 5.28 Å². The van der Waals surface area contributed by atoms with Crippen molar-refractivity contribution in [2.75, 3.05) is 0 Å². The third-order valence-corrected chi connectivity index (χ3v) is 2.48. The predicted molar refractivity (Wildman–Crippen MR) is 63.8 cm³/mol. The smallest absolute Gasteiger partial charge is 0.258 e. The number of hydrogen-bond donors (Lipinski definition) is 0. The van der Waals surface area contributed by atoms with Crippen molar-refractivity contribution in [2.24, 2.45) is 0 Å². The summed E-state index contributed by atoms with van der Waals surface area (Å²) in [4.78, 5) is 17.9. The number of aryl methyl sites for hydroxylation is 1. The van der Waals surface area contributed by atoms with Crippen molar-refractivity contribution in [1.29, 1.82) is 0 Å². The SMILES string of the molecule is Cc1nc(Cl)nc(-c2cccc(F)c2)c1[N+](=O)[O-]. The molecule has 0 aliphatic rings. The minimum atomic E-state index is -0.605. The summed E-state index contributed by atoms with van der Waals surface area (Å²) in [6, 6.07) is 5.37. The topological polar surface area (TPSA) is 68.9 Å². The molecule has 2 aromatic rings. The molecule has 0 fully saturated rings. The molecule has 7 heteroatoms. The molecular formula is C11H7ClFN3O2. The van der Waals surface area contributed by atoms with Crippen LogP contribution in [0, 0.1) is 22.9 Å². The van der Waals surface area contributed by atoms with Crippen molar-refractivity contribution in [1.82, 2.24) is 9.97 Å². The molecule has 5 nitrogen and oxygen atoms in total. The van der Waals surface area contributed by atoms with Crippen molar-refractivity contribution in [3.63, 3.8) is 0 Å². The minimum Gasteiger partial charge on any atom is -0.258 e. The second-order valence-corrected chi connectivity index (χ2v) is 3.88. The molecule has 1 heterocycles. The van der Waals surface area contributed by atoms with E-state index in [1.165, 1.54) is 25.1 Å². The van der Waals surface area contributed by atoms with E-state index >= 15 is 0 Å². The molecule has 2 rings (SSSR count). The molecule has 0 saturated heterocycles. The van der Waals surface area contributed by atoms with Gasteiger partial charge >= 0.3 is 5.69 Å². The summed E-state index contributed by atoms with van der Waals surface area (Å²) in [5.41, 5.74) is 0.162. The number of benzene rings is 1. The van der Waals surface area contributed by atoms with Crippen LogP contribution in [0.5, 0.6) is 0 Å². The van der Waals surface area contributed by atoms with E-state index in [2.05, 4.69) is 9.97 Å². The van der Waals surface area contributed by atoms with Crippen molar-refractivity contribution >= 4 is 17.3 Å². The normalized spacial score (nSPS) is 10.4. The minimum absolute atomic E-state index is 0.0111. The highest BCUT2D eigenvalue weighted by Crippen LogP contribution is 2.31. The largest absolute Gasteiger partial charge is 0.316 e. The second-order valence-electron chi connectivity index (χ2n) is 3.54. The van der Waals surface area contributed by atoms with Gasteiger partial charge in [-0.15, -0.1) is 0 Å². The highest BCUT2D eigenvalue weighted by atomic mass is 35.5. The molecule has 18 heavy (non-hydrogen) atoms. The first-order valence-corrected chi connectivity index (χ1v) is 5.31. The van der Waals surface area contributed by atoms with E-state index in [9.17, 15) is 14.5 Å². The molecule has 0 radical (unpaired) electrons. The van der Waals surface area contributed by atoms with Crippen molar-refractivity contribution in [3.8, 4) is 11.3 Å². The van der Waals surface area contributed by atoms with Crippen LogP contribution in [0.1, 0.15) is 5.69 Å². The Bertz CT molecular complexity index is 634. The molecule has 0 amide bonds. The third kappa shape index (κ3) is 2.28. The average molecular weight is 268 g/mol. The first-order valence-electron chi connectivity index (χ1n) is 4.93. The molecule has 0 aliphatic carbocycles. The zero-order valence-corrected chi connectivity index (χ0v) is 9.98. The molecule has 1 aromatic heterocycles. The Morgan fingerprint density at radius 2 is 2.11 bits per heavy atom. The van der Waals surface area contributed by atoms with Crippen LogP contribution < -0.4 is 0 Å². The van der Waals surface area contributed by atoms with Crippen molar-refractivity contribution in [2.45, 2.75) is 6.92 Å². The Labute approximate surface area is 106 Å². The van der Waals surface area contributed by atoms with Crippen LogP contribution >= 0.6 is 11.6 Å². The number of nitro groups is 1. The summed E-state index contributed by atoms with van der Waals surface area (Å²) in [5, 5.41) is 10.9. The van der Waals surface area contributed by atoms with Gasteiger partial charge in [0.05, 0.1) is 4.92 Å². The van der Waals surface area contributed by atoms with Gasteiger partial charge in [0.1, 0.15) is 11.5 Å². The van der Waals surface area contributed by atoms with Gasteiger partial charge in [0.2, 0.25) is 5.28 Å².